The third kappa shape index (κ3) is 3.87. The predicted octanol–water partition coefficient (Wildman–Crippen LogP) is 2.51. The minimum Gasteiger partial charge on any atom is -0.432 e. The summed E-state index contributed by atoms with van der Waals surface area (Å²) in [6, 6.07) is 1.64. The van der Waals surface area contributed by atoms with E-state index < -0.39 is 14.1 Å². The van der Waals surface area contributed by atoms with Gasteiger partial charge in [0.05, 0.1) is 13.2 Å². The summed E-state index contributed by atoms with van der Waals surface area (Å²) in [6.07, 6.45) is 2.85. The Labute approximate surface area is 93.9 Å². The highest BCUT2D eigenvalue weighted by molar-refractivity contribution is 6.71. The van der Waals surface area contributed by atoms with E-state index in [-0.39, 0.29) is 0 Å². The van der Waals surface area contributed by atoms with Crippen molar-refractivity contribution in [2.45, 2.75) is 57.5 Å². The summed E-state index contributed by atoms with van der Waals surface area (Å²) in [5, 5.41) is 0. The van der Waals surface area contributed by atoms with Crippen molar-refractivity contribution in [3.63, 3.8) is 0 Å². The zero-order valence-corrected chi connectivity index (χ0v) is 11.2. The minimum atomic E-state index is -2.13. The Kier molecular flexibility index (Phi) is 4.77. The van der Waals surface area contributed by atoms with Crippen LogP contribution in [-0.4, -0.2) is 32.1 Å². The lowest BCUT2D eigenvalue weighted by atomic mass is 10.2. The molecule has 0 aromatic heterocycles. The molecule has 4 heteroatoms. The van der Waals surface area contributed by atoms with Gasteiger partial charge in [-0.1, -0.05) is 20.3 Å². The molecule has 1 saturated heterocycles. The molecular weight excluding hydrogens is 208 g/mol. The Morgan fingerprint density at radius 2 is 1.87 bits per heavy atom. The first-order valence-electron chi connectivity index (χ1n) is 6.04. The second-order valence-corrected chi connectivity index (χ2v) is 8.59. The van der Waals surface area contributed by atoms with E-state index in [0.717, 1.165) is 38.5 Å². The predicted molar refractivity (Wildman–Crippen MR) is 63.3 cm³/mol. The molecule has 15 heavy (non-hydrogen) atoms. The molecule has 0 saturated carbocycles. The zero-order chi connectivity index (χ0) is 11.4. The van der Waals surface area contributed by atoms with Gasteiger partial charge < -0.3 is 14.3 Å². The van der Waals surface area contributed by atoms with Crippen LogP contribution in [0.4, 0.5) is 0 Å². The largest absolute Gasteiger partial charge is 0.432 e. The van der Waals surface area contributed by atoms with Gasteiger partial charge in [0.25, 0.3) is 0 Å². The maximum Gasteiger partial charge on any atom is 0.190 e. The summed E-state index contributed by atoms with van der Waals surface area (Å²) >= 11 is 0. The average Bonchev–Trinajstić information content (AvgIpc) is 2.18. The van der Waals surface area contributed by atoms with Gasteiger partial charge in [-0.15, -0.1) is 0 Å². The normalized spacial score (nSPS) is 24.8. The Balaban J connectivity index is 2.58. The molecule has 0 aromatic rings. The monoisotopic (exact) mass is 232 g/mol. The molecule has 0 aromatic carbocycles. The van der Waals surface area contributed by atoms with Gasteiger partial charge in [-0.25, -0.2) is 0 Å². The number of ether oxygens (including phenoxy) is 2. The lowest BCUT2D eigenvalue weighted by molar-refractivity contribution is -0.257. The minimum absolute atomic E-state index is 0.483. The van der Waals surface area contributed by atoms with Crippen molar-refractivity contribution in [1.29, 1.82) is 0 Å². The SMILES string of the molecule is CCC[Si](C)(O)CC1(CC)OCCCO1. The summed E-state index contributed by atoms with van der Waals surface area (Å²) in [5.41, 5.74) is 0. The van der Waals surface area contributed by atoms with Crippen LogP contribution >= 0.6 is 0 Å². The second kappa shape index (κ2) is 5.43. The van der Waals surface area contributed by atoms with E-state index in [4.69, 9.17) is 9.47 Å². The van der Waals surface area contributed by atoms with Gasteiger partial charge in [0.2, 0.25) is 0 Å². The van der Waals surface area contributed by atoms with Crippen molar-refractivity contribution in [2.24, 2.45) is 0 Å². The van der Waals surface area contributed by atoms with E-state index in [1.165, 1.54) is 0 Å². The fourth-order valence-corrected chi connectivity index (χ4v) is 5.12. The molecule has 0 spiro atoms. The lowest BCUT2D eigenvalue weighted by Crippen LogP contribution is -2.47. The van der Waals surface area contributed by atoms with E-state index in [0.29, 0.717) is 6.04 Å². The Hall–Kier alpha value is 0.0969. The van der Waals surface area contributed by atoms with Crippen LogP contribution in [0.2, 0.25) is 18.6 Å². The van der Waals surface area contributed by atoms with Gasteiger partial charge in [0, 0.05) is 6.04 Å². The van der Waals surface area contributed by atoms with E-state index in [1.807, 2.05) is 6.55 Å². The zero-order valence-electron chi connectivity index (χ0n) is 10.2. The molecule has 1 fully saturated rings. The highest BCUT2D eigenvalue weighted by Crippen LogP contribution is 2.32. The van der Waals surface area contributed by atoms with E-state index in [1.54, 1.807) is 0 Å². The standard InChI is InChI=1S/C11H24O3Si/c1-4-9-15(3,12)10-11(5-2)13-7-6-8-14-11/h12H,4-10H2,1-3H3. The molecule has 0 bridgehead atoms. The van der Waals surface area contributed by atoms with Crippen molar-refractivity contribution in [3.05, 3.63) is 0 Å². The van der Waals surface area contributed by atoms with Crippen LogP contribution < -0.4 is 0 Å². The molecule has 0 radical (unpaired) electrons. The topological polar surface area (TPSA) is 38.7 Å². The summed E-state index contributed by atoms with van der Waals surface area (Å²) in [6.45, 7) is 7.73. The fourth-order valence-electron chi connectivity index (χ4n) is 2.26. The summed E-state index contributed by atoms with van der Waals surface area (Å²) in [7, 11) is -2.13. The average molecular weight is 232 g/mol. The number of rotatable bonds is 5. The van der Waals surface area contributed by atoms with Crippen LogP contribution in [0.3, 0.4) is 0 Å². The van der Waals surface area contributed by atoms with Crippen molar-refractivity contribution >= 4 is 8.32 Å². The van der Waals surface area contributed by atoms with Gasteiger partial charge in [-0.05, 0) is 25.4 Å². The fraction of sp³-hybridized carbons (Fsp3) is 1.00. The van der Waals surface area contributed by atoms with Crippen molar-refractivity contribution in [2.75, 3.05) is 13.2 Å². The second-order valence-electron chi connectivity index (χ2n) is 4.74. The first-order valence-corrected chi connectivity index (χ1v) is 8.90. The van der Waals surface area contributed by atoms with Gasteiger partial charge in [-0.3, -0.25) is 0 Å². The van der Waals surface area contributed by atoms with Crippen LogP contribution in [0, 0.1) is 0 Å². The van der Waals surface area contributed by atoms with Gasteiger partial charge in [-0.2, -0.15) is 0 Å². The Morgan fingerprint density at radius 1 is 1.27 bits per heavy atom. The molecule has 1 unspecified atom stereocenters. The van der Waals surface area contributed by atoms with Gasteiger partial charge in [0.1, 0.15) is 0 Å². The third-order valence-electron chi connectivity index (χ3n) is 3.00. The van der Waals surface area contributed by atoms with Crippen LogP contribution in [0.1, 0.15) is 33.1 Å². The molecule has 0 amide bonds. The van der Waals surface area contributed by atoms with Crippen LogP contribution in [0.25, 0.3) is 0 Å². The summed E-state index contributed by atoms with van der Waals surface area (Å²) < 4.78 is 11.5. The highest BCUT2D eigenvalue weighted by Gasteiger charge is 2.41. The molecule has 1 N–H and O–H groups in total. The van der Waals surface area contributed by atoms with Crippen molar-refractivity contribution in [1.82, 2.24) is 0 Å². The lowest BCUT2D eigenvalue weighted by Gasteiger charge is -2.40. The Morgan fingerprint density at radius 3 is 2.33 bits per heavy atom. The molecule has 1 aliphatic heterocycles. The number of hydrogen-bond acceptors (Lipinski definition) is 3. The van der Waals surface area contributed by atoms with Gasteiger partial charge in [0.15, 0.2) is 14.1 Å². The smallest absolute Gasteiger partial charge is 0.190 e. The van der Waals surface area contributed by atoms with Crippen molar-refractivity contribution in [3.8, 4) is 0 Å². The molecule has 1 rings (SSSR count). The van der Waals surface area contributed by atoms with E-state index in [9.17, 15) is 4.80 Å². The van der Waals surface area contributed by atoms with Crippen LogP contribution in [0.15, 0.2) is 0 Å². The first kappa shape index (κ1) is 13.2. The molecule has 0 aliphatic carbocycles. The molecule has 3 nitrogen and oxygen atoms in total. The molecular formula is C11H24O3Si. The van der Waals surface area contributed by atoms with E-state index in [2.05, 4.69) is 13.8 Å². The van der Waals surface area contributed by atoms with Crippen LogP contribution in [-0.2, 0) is 9.47 Å². The third-order valence-corrected chi connectivity index (χ3v) is 5.87. The summed E-state index contributed by atoms with van der Waals surface area (Å²) in [5.74, 6) is -0.483. The van der Waals surface area contributed by atoms with Gasteiger partial charge >= 0.3 is 0 Å². The van der Waals surface area contributed by atoms with Crippen molar-refractivity contribution < 1.29 is 14.3 Å². The molecule has 1 aliphatic rings. The highest BCUT2D eigenvalue weighted by atomic mass is 28.4. The molecule has 1 atom stereocenters. The van der Waals surface area contributed by atoms with E-state index >= 15 is 0 Å². The quantitative estimate of drug-likeness (QED) is 0.740. The Bertz CT molecular complexity index is 188. The first-order chi connectivity index (χ1) is 7.04. The summed E-state index contributed by atoms with van der Waals surface area (Å²) in [4.78, 5) is 10.3. The molecule has 90 valence electrons. The number of hydrogen-bond donors (Lipinski definition) is 1. The van der Waals surface area contributed by atoms with Crippen LogP contribution in [0.5, 0.6) is 0 Å². The maximum absolute atomic E-state index is 10.3. The molecule has 1 heterocycles. The maximum atomic E-state index is 10.3.